The molecule has 0 aliphatic heterocycles. The van der Waals surface area contributed by atoms with Crippen molar-refractivity contribution in [3.8, 4) is 0 Å². The van der Waals surface area contributed by atoms with E-state index in [2.05, 4.69) is 20.8 Å². The molecule has 1 aliphatic rings. The highest BCUT2D eigenvalue weighted by Gasteiger charge is 2.46. The molecular weight excluding hydrogens is 186 g/mol. The van der Waals surface area contributed by atoms with Crippen molar-refractivity contribution >= 4 is 0 Å². The Morgan fingerprint density at radius 3 is 2.00 bits per heavy atom. The van der Waals surface area contributed by atoms with Gasteiger partial charge in [0.05, 0.1) is 5.60 Å². The highest BCUT2D eigenvalue weighted by Crippen LogP contribution is 2.41. The van der Waals surface area contributed by atoms with Gasteiger partial charge in [-0.25, -0.2) is 0 Å². The Morgan fingerprint density at radius 1 is 1.20 bits per heavy atom. The molecule has 2 nitrogen and oxygen atoms in total. The molecule has 2 heteroatoms. The van der Waals surface area contributed by atoms with Crippen molar-refractivity contribution in [3.63, 3.8) is 0 Å². The second-order valence-corrected chi connectivity index (χ2v) is 5.25. The maximum absolute atomic E-state index is 10.7. The van der Waals surface area contributed by atoms with E-state index in [0.29, 0.717) is 0 Å². The first kappa shape index (κ1) is 13.0. The molecule has 0 aromatic rings. The first-order chi connectivity index (χ1) is 7.01. The van der Waals surface area contributed by atoms with E-state index < -0.39 is 5.60 Å². The summed E-state index contributed by atoms with van der Waals surface area (Å²) in [6, 6.07) is 0. The molecule has 15 heavy (non-hydrogen) atoms. The standard InChI is InChI=1S/C13H27NO/c1-4-11-7-9-13(15,10-8-11)12(14,5-2)6-3/h11,15H,4-10,14H2,1-3H3. The largest absolute Gasteiger partial charge is 0.388 e. The quantitative estimate of drug-likeness (QED) is 0.754. The van der Waals surface area contributed by atoms with Crippen LogP contribution in [0, 0.1) is 5.92 Å². The van der Waals surface area contributed by atoms with Crippen molar-refractivity contribution in [3.05, 3.63) is 0 Å². The van der Waals surface area contributed by atoms with E-state index in [1.54, 1.807) is 0 Å². The number of hydrogen-bond donors (Lipinski definition) is 2. The molecule has 3 N–H and O–H groups in total. The van der Waals surface area contributed by atoms with E-state index in [0.717, 1.165) is 44.4 Å². The SMILES string of the molecule is CCC1CCC(O)(C(N)(CC)CC)CC1. The number of hydrogen-bond acceptors (Lipinski definition) is 2. The average Bonchev–Trinajstić information content (AvgIpc) is 2.29. The number of aliphatic hydroxyl groups is 1. The minimum Gasteiger partial charge on any atom is -0.388 e. The highest BCUT2D eigenvalue weighted by molar-refractivity contribution is 5.04. The Labute approximate surface area is 94.2 Å². The zero-order valence-corrected chi connectivity index (χ0v) is 10.6. The van der Waals surface area contributed by atoms with Gasteiger partial charge in [0.2, 0.25) is 0 Å². The van der Waals surface area contributed by atoms with Gasteiger partial charge in [-0.15, -0.1) is 0 Å². The monoisotopic (exact) mass is 213 g/mol. The van der Waals surface area contributed by atoms with Gasteiger partial charge < -0.3 is 10.8 Å². The van der Waals surface area contributed by atoms with Crippen LogP contribution in [-0.2, 0) is 0 Å². The lowest BCUT2D eigenvalue weighted by Crippen LogP contribution is -2.61. The van der Waals surface area contributed by atoms with Gasteiger partial charge in [0, 0.05) is 5.54 Å². The summed E-state index contributed by atoms with van der Waals surface area (Å²) in [5.74, 6) is 0.809. The lowest BCUT2D eigenvalue weighted by Gasteiger charge is -2.48. The van der Waals surface area contributed by atoms with Gasteiger partial charge in [-0.2, -0.15) is 0 Å². The van der Waals surface area contributed by atoms with Crippen LogP contribution < -0.4 is 5.73 Å². The summed E-state index contributed by atoms with van der Waals surface area (Å²) in [6.45, 7) is 6.42. The molecule has 0 spiro atoms. The molecule has 0 radical (unpaired) electrons. The van der Waals surface area contributed by atoms with Crippen LogP contribution in [0.2, 0.25) is 0 Å². The average molecular weight is 213 g/mol. The van der Waals surface area contributed by atoms with Crippen LogP contribution in [0.25, 0.3) is 0 Å². The maximum atomic E-state index is 10.7. The molecular formula is C13H27NO. The fourth-order valence-corrected chi connectivity index (χ4v) is 2.97. The zero-order valence-electron chi connectivity index (χ0n) is 10.6. The third-order valence-electron chi connectivity index (χ3n) is 4.70. The van der Waals surface area contributed by atoms with Gasteiger partial charge in [0.1, 0.15) is 0 Å². The van der Waals surface area contributed by atoms with Gasteiger partial charge >= 0.3 is 0 Å². The van der Waals surface area contributed by atoms with E-state index in [4.69, 9.17) is 5.73 Å². The molecule has 0 aromatic carbocycles. The summed E-state index contributed by atoms with van der Waals surface area (Å²) >= 11 is 0. The molecule has 0 bridgehead atoms. The van der Waals surface area contributed by atoms with Crippen LogP contribution in [0.3, 0.4) is 0 Å². The van der Waals surface area contributed by atoms with E-state index in [1.165, 1.54) is 6.42 Å². The van der Waals surface area contributed by atoms with Crippen molar-refractivity contribution in [1.29, 1.82) is 0 Å². The summed E-state index contributed by atoms with van der Waals surface area (Å²) in [7, 11) is 0. The lowest BCUT2D eigenvalue weighted by atomic mass is 9.66. The molecule has 0 aromatic heterocycles. The Balaban J connectivity index is 2.68. The van der Waals surface area contributed by atoms with Crippen molar-refractivity contribution in [2.24, 2.45) is 11.7 Å². The van der Waals surface area contributed by atoms with Crippen LogP contribution >= 0.6 is 0 Å². The van der Waals surface area contributed by atoms with Gasteiger partial charge in [0.25, 0.3) is 0 Å². The van der Waals surface area contributed by atoms with Crippen LogP contribution in [-0.4, -0.2) is 16.2 Å². The van der Waals surface area contributed by atoms with Crippen molar-refractivity contribution < 1.29 is 5.11 Å². The molecule has 0 atom stereocenters. The van der Waals surface area contributed by atoms with Crippen LogP contribution in [0.1, 0.15) is 65.7 Å². The van der Waals surface area contributed by atoms with Crippen molar-refractivity contribution in [2.45, 2.75) is 76.9 Å². The molecule has 1 saturated carbocycles. The van der Waals surface area contributed by atoms with Gasteiger partial charge in [0.15, 0.2) is 0 Å². The van der Waals surface area contributed by atoms with E-state index >= 15 is 0 Å². The Hall–Kier alpha value is -0.0800. The topological polar surface area (TPSA) is 46.2 Å². The molecule has 0 saturated heterocycles. The third-order valence-corrected chi connectivity index (χ3v) is 4.70. The van der Waals surface area contributed by atoms with E-state index in [-0.39, 0.29) is 5.54 Å². The Morgan fingerprint density at radius 2 is 1.67 bits per heavy atom. The lowest BCUT2D eigenvalue weighted by molar-refractivity contribution is -0.0770. The smallest absolute Gasteiger partial charge is 0.0826 e. The van der Waals surface area contributed by atoms with Crippen molar-refractivity contribution in [1.82, 2.24) is 0 Å². The predicted octanol–water partition coefficient (Wildman–Crippen LogP) is 2.84. The second-order valence-electron chi connectivity index (χ2n) is 5.25. The minimum absolute atomic E-state index is 0.369. The van der Waals surface area contributed by atoms with E-state index in [1.807, 2.05) is 0 Å². The van der Waals surface area contributed by atoms with E-state index in [9.17, 15) is 5.11 Å². The molecule has 1 aliphatic carbocycles. The van der Waals surface area contributed by atoms with Gasteiger partial charge in [-0.05, 0) is 44.4 Å². The van der Waals surface area contributed by atoms with Crippen LogP contribution in [0.4, 0.5) is 0 Å². The fourth-order valence-electron chi connectivity index (χ4n) is 2.97. The Bertz CT molecular complexity index is 191. The molecule has 1 rings (SSSR count). The first-order valence-corrected chi connectivity index (χ1v) is 6.52. The number of nitrogens with two attached hydrogens (primary N) is 1. The minimum atomic E-state index is -0.609. The summed E-state index contributed by atoms with van der Waals surface area (Å²) in [5, 5.41) is 10.7. The summed E-state index contributed by atoms with van der Waals surface area (Å²) in [4.78, 5) is 0. The molecule has 90 valence electrons. The molecule has 0 unspecified atom stereocenters. The predicted molar refractivity (Wildman–Crippen MR) is 64.7 cm³/mol. The number of rotatable bonds is 4. The second kappa shape index (κ2) is 4.84. The van der Waals surface area contributed by atoms with Crippen LogP contribution in [0.15, 0.2) is 0 Å². The Kier molecular flexibility index (Phi) is 4.19. The maximum Gasteiger partial charge on any atom is 0.0826 e. The van der Waals surface area contributed by atoms with Gasteiger partial charge in [-0.3, -0.25) is 0 Å². The normalized spacial score (nSPS) is 33.0. The zero-order chi connectivity index (χ0) is 11.5. The molecule has 1 fully saturated rings. The van der Waals surface area contributed by atoms with Gasteiger partial charge in [-0.1, -0.05) is 27.2 Å². The highest BCUT2D eigenvalue weighted by atomic mass is 16.3. The molecule has 0 heterocycles. The summed E-state index contributed by atoms with van der Waals surface area (Å²) in [6.07, 6.45) is 7.06. The first-order valence-electron chi connectivity index (χ1n) is 6.52. The fraction of sp³-hybridized carbons (Fsp3) is 1.00. The molecule has 0 amide bonds. The third kappa shape index (κ3) is 2.36. The summed E-state index contributed by atoms with van der Waals surface area (Å²) < 4.78 is 0. The van der Waals surface area contributed by atoms with Crippen LogP contribution in [0.5, 0.6) is 0 Å². The summed E-state index contributed by atoms with van der Waals surface area (Å²) in [5.41, 5.74) is 5.36. The van der Waals surface area contributed by atoms with Crippen molar-refractivity contribution in [2.75, 3.05) is 0 Å².